The second kappa shape index (κ2) is 8.03. The van der Waals surface area contributed by atoms with Crippen LogP contribution >= 0.6 is 11.8 Å². The van der Waals surface area contributed by atoms with Crippen LogP contribution in [-0.4, -0.2) is 27.3 Å². The summed E-state index contributed by atoms with van der Waals surface area (Å²) in [5, 5.41) is 4.17. The standard InChI is InChI=1S/C23H25N3O2S/c1-14-10-15(2)12-18(11-14)26-22(28)19-6-4-5-7-20(19)25-23(26)29-13-21(27)24-16(3)17-8-9-17/h4-7,10-12,16-17H,8-9,13H2,1-3H3,(H,24,27)/t16-/m1/s1. The molecule has 0 saturated heterocycles. The lowest BCUT2D eigenvalue weighted by Gasteiger charge is -2.15. The number of aryl methyl sites for hydroxylation is 2. The van der Waals surface area contributed by atoms with Crippen molar-refractivity contribution < 1.29 is 4.79 Å². The Hall–Kier alpha value is -2.60. The Kier molecular flexibility index (Phi) is 5.46. The van der Waals surface area contributed by atoms with Gasteiger partial charge in [0.1, 0.15) is 0 Å². The lowest BCUT2D eigenvalue weighted by atomic mass is 10.1. The topological polar surface area (TPSA) is 64.0 Å². The normalized spacial score (nSPS) is 14.7. The van der Waals surface area contributed by atoms with E-state index in [0.717, 1.165) is 16.8 Å². The lowest BCUT2D eigenvalue weighted by molar-refractivity contribution is -0.119. The average Bonchev–Trinajstić information content (AvgIpc) is 3.51. The van der Waals surface area contributed by atoms with Gasteiger partial charge in [-0.15, -0.1) is 0 Å². The highest BCUT2D eigenvalue weighted by atomic mass is 32.2. The minimum atomic E-state index is -0.116. The zero-order chi connectivity index (χ0) is 20.5. The number of amides is 1. The zero-order valence-electron chi connectivity index (χ0n) is 16.9. The first-order valence-electron chi connectivity index (χ1n) is 9.95. The molecule has 1 heterocycles. The molecular weight excluding hydrogens is 382 g/mol. The molecule has 0 unspecified atom stereocenters. The molecule has 1 aliphatic rings. The van der Waals surface area contributed by atoms with E-state index in [0.29, 0.717) is 22.0 Å². The first-order chi connectivity index (χ1) is 13.9. The van der Waals surface area contributed by atoms with Crippen molar-refractivity contribution >= 4 is 28.6 Å². The van der Waals surface area contributed by atoms with Gasteiger partial charge >= 0.3 is 0 Å². The molecule has 0 aliphatic heterocycles. The minimum Gasteiger partial charge on any atom is -0.353 e. The molecule has 150 valence electrons. The smallest absolute Gasteiger partial charge is 0.266 e. The van der Waals surface area contributed by atoms with E-state index in [4.69, 9.17) is 4.98 Å². The van der Waals surface area contributed by atoms with E-state index in [1.807, 2.05) is 44.2 Å². The predicted molar refractivity (Wildman–Crippen MR) is 118 cm³/mol. The summed E-state index contributed by atoms with van der Waals surface area (Å²) in [6, 6.07) is 13.6. The number of thioether (sulfide) groups is 1. The molecular formula is C23H25N3O2S. The minimum absolute atomic E-state index is 0.0243. The molecule has 5 nitrogen and oxygen atoms in total. The molecule has 3 aromatic rings. The molecule has 1 N–H and O–H groups in total. The fraction of sp³-hybridized carbons (Fsp3) is 0.348. The Morgan fingerprint density at radius 2 is 1.90 bits per heavy atom. The SMILES string of the molecule is Cc1cc(C)cc(-n2c(SCC(=O)N[C@H](C)C3CC3)nc3ccccc3c2=O)c1. The maximum atomic E-state index is 13.3. The largest absolute Gasteiger partial charge is 0.353 e. The van der Waals surface area contributed by atoms with Gasteiger partial charge in [-0.05, 0) is 74.9 Å². The molecule has 1 saturated carbocycles. The van der Waals surface area contributed by atoms with Crippen LogP contribution in [0.2, 0.25) is 0 Å². The van der Waals surface area contributed by atoms with Gasteiger partial charge in [-0.25, -0.2) is 4.98 Å². The van der Waals surface area contributed by atoms with Crippen LogP contribution < -0.4 is 10.9 Å². The monoisotopic (exact) mass is 407 g/mol. The summed E-state index contributed by atoms with van der Waals surface area (Å²) in [6.45, 7) is 6.07. The number of aromatic nitrogens is 2. The second-order valence-corrected chi connectivity index (χ2v) is 8.82. The van der Waals surface area contributed by atoms with Crippen LogP contribution in [0.1, 0.15) is 30.9 Å². The summed E-state index contributed by atoms with van der Waals surface area (Å²) < 4.78 is 1.63. The van der Waals surface area contributed by atoms with Crippen molar-refractivity contribution in [1.82, 2.24) is 14.9 Å². The fourth-order valence-corrected chi connectivity index (χ4v) is 4.48. The van der Waals surface area contributed by atoms with Gasteiger partial charge in [-0.2, -0.15) is 0 Å². The number of carbonyl (C=O) groups is 1. The quantitative estimate of drug-likeness (QED) is 0.495. The predicted octanol–water partition coefficient (Wildman–Crippen LogP) is 4.01. The summed E-state index contributed by atoms with van der Waals surface area (Å²) in [4.78, 5) is 30.4. The Balaban J connectivity index is 1.71. The van der Waals surface area contributed by atoms with Crippen molar-refractivity contribution in [3.05, 3.63) is 63.9 Å². The van der Waals surface area contributed by atoms with E-state index in [2.05, 4.69) is 18.3 Å². The van der Waals surface area contributed by atoms with Gasteiger partial charge in [0.25, 0.3) is 5.56 Å². The number of hydrogen-bond acceptors (Lipinski definition) is 4. The van der Waals surface area contributed by atoms with Crippen molar-refractivity contribution in [1.29, 1.82) is 0 Å². The van der Waals surface area contributed by atoms with Gasteiger partial charge in [0, 0.05) is 6.04 Å². The Morgan fingerprint density at radius 1 is 1.21 bits per heavy atom. The molecule has 0 radical (unpaired) electrons. The number of nitrogens with one attached hydrogen (secondary N) is 1. The van der Waals surface area contributed by atoms with Crippen molar-refractivity contribution in [3.8, 4) is 5.69 Å². The molecule has 2 aromatic carbocycles. The Labute approximate surface area is 174 Å². The molecule has 4 rings (SSSR count). The number of nitrogens with zero attached hydrogens (tertiary/aromatic N) is 2. The van der Waals surface area contributed by atoms with Crippen molar-refractivity contribution in [2.75, 3.05) is 5.75 Å². The van der Waals surface area contributed by atoms with E-state index >= 15 is 0 Å². The van der Waals surface area contributed by atoms with E-state index in [1.54, 1.807) is 10.6 Å². The third-order valence-corrected chi connectivity index (χ3v) is 6.20. The first-order valence-corrected chi connectivity index (χ1v) is 10.9. The molecule has 29 heavy (non-hydrogen) atoms. The van der Waals surface area contributed by atoms with Crippen LogP contribution in [0.4, 0.5) is 0 Å². The number of hydrogen-bond donors (Lipinski definition) is 1. The van der Waals surface area contributed by atoms with Crippen LogP contribution in [0.3, 0.4) is 0 Å². The summed E-state index contributed by atoms with van der Waals surface area (Å²) >= 11 is 1.30. The third kappa shape index (κ3) is 4.37. The Morgan fingerprint density at radius 3 is 2.59 bits per heavy atom. The number of benzene rings is 2. The maximum Gasteiger partial charge on any atom is 0.266 e. The lowest BCUT2D eigenvalue weighted by Crippen LogP contribution is -2.35. The second-order valence-electron chi connectivity index (χ2n) is 7.88. The summed E-state index contributed by atoms with van der Waals surface area (Å²) in [7, 11) is 0. The van der Waals surface area contributed by atoms with Crippen molar-refractivity contribution in [2.45, 2.75) is 44.8 Å². The number of rotatable bonds is 6. The van der Waals surface area contributed by atoms with Gasteiger partial charge in [0.05, 0.1) is 22.3 Å². The molecule has 6 heteroatoms. The van der Waals surface area contributed by atoms with E-state index in [-0.39, 0.29) is 23.3 Å². The Bertz CT molecular complexity index is 1110. The highest BCUT2D eigenvalue weighted by molar-refractivity contribution is 7.99. The van der Waals surface area contributed by atoms with E-state index < -0.39 is 0 Å². The van der Waals surface area contributed by atoms with Gasteiger partial charge in [0.15, 0.2) is 5.16 Å². The molecule has 0 bridgehead atoms. The molecule has 0 spiro atoms. The van der Waals surface area contributed by atoms with Gasteiger partial charge in [-0.1, -0.05) is 30.0 Å². The zero-order valence-corrected chi connectivity index (χ0v) is 17.8. The summed E-state index contributed by atoms with van der Waals surface area (Å²) in [5.41, 5.74) is 3.46. The molecule has 1 aliphatic carbocycles. The molecule has 1 atom stereocenters. The summed E-state index contributed by atoms with van der Waals surface area (Å²) in [6.07, 6.45) is 2.38. The van der Waals surface area contributed by atoms with Crippen molar-refractivity contribution in [2.24, 2.45) is 5.92 Å². The summed E-state index contributed by atoms with van der Waals surface area (Å²) in [5.74, 6) is 0.812. The third-order valence-electron chi connectivity index (χ3n) is 5.26. The maximum absolute atomic E-state index is 13.3. The highest BCUT2D eigenvalue weighted by Crippen LogP contribution is 2.32. The van der Waals surface area contributed by atoms with E-state index in [1.165, 1.54) is 24.6 Å². The highest BCUT2D eigenvalue weighted by Gasteiger charge is 2.28. The van der Waals surface area contributed by atoms with E-state index in [9.17, 15) is 9.59 Å². The first kappa shape index (κ1) is 19.7. The molecule has 1 amide bonds. The van der Waals surface area contributed by atoms with Crippen LogP contribution in [0.15, 0.2) is 52.4 Å². The number of carbonyl (C=O) groups excluding carboxylic acids is 1. The van der Waals surface area contributed by atoms with Crippen LogP contribution in [0, 0.1) is 19.8 Å². The van der Waals surface area contributed by atoms with Gasteiger partial charge in [-0.3, -0.25) is 14.2 Å². The molecule has 1 fully saturated rings. The number of para-hydroxylation sites is 1. The molecule has 1 aromatic heterocycles. The van der Waals surface area contributed by atoms with Crippen LogP contribution in [0.5, 0.6) is 0 Å². The van der Waals surface area contributed by atoms with Gasteiger partial charge < -0.3 is 5.32 Å². The van der Waals surface area contributed by atoms with Gasteiger partial charge in [0.2, 0.25) is 5.91 Å². The van der Waals surface area contributed by atoms with Crippen molar-refractivity contribution in [3.63, 3.8) is 0 Å². The van der Waals surface area contributed by atoms with Crippen LogP contribution in [0.25, 0.3) is 16.6 Å². The fourth-order valence-electron chi connectivity index (χ4n) is 3.66. The van der Waals surface area contributed by atoms with Crippen LogP contribution in [-0.2, 0) is 4.79 Å². The average molecular weight is 408 g/mol. The number of fused-ring (bicyclic) bond motifs is 1.